The topological polar surface area (TPSA) is 111 Å². The molecule has 0 aliphatic rings. The van der Waals surface area contributed by atoms with E-state index in [0.29, 0.717) is 10.6 Å². The van der Waals surface area contributed by atoms with E-state index in [4.69, 9.17) is 22.1 Å². The SMILES string of the molecule is CC(C)[C@@H](C)NC(=O)COC(=O)C[C@@H](NC(N)=O)c1ccc(Cl)cc1. The molecule has 0 radical (unpaired) electrons. The number of halogens is 1. The lowest BCUT2D eigenvalue weighted by molar-refractivity contribution is -0.149. The van der Waals surface area contributed by atoms with Crippen molar-refractivity contribution in [3.63, 3.8) is 0 Å². The molecule has 0 saturated heterocycles. The number of amides is 3. The maximum atomic E-state index is 12.0. The van der Waals surface area contributed by atoms with Gasteiger partial charge >= 0.3 is 12.0 Å². The normalized spacial score (nSPS) is 13.0. The fraction of sp³-hybridized carbons (Fsp3) is 0.471. The van der Waals surface area contributed by atoms with Crippen LogP contribution in [0.4, 0.5) is 4.79 Å². The molecule has 4 N–H and O–H groups in total. The van der Waals surface area contributed by atoms with Crippen LogP contribution in [-0.2, 0) is 14.3 Å². The zero-order valence-corrected chi connectivity index (χ0v) is 15.3. The van der Waals surface area contributed by atoms with E-state index in [-0.39, 0.29) is 30.9 Å². The fourth-order valence-corrected chi connectivity index (χ4v) is 2.08. The number of esters is 1. The maximum Gasteiger partial charge on any atom is 0.312 e. The smallest absolute Gasteiger partial charge is 0.312 e. The van der Waals surface area contributed by atoms with Crippen LogP contribution in [0.25, 0.3) is 0 Å². The lowest BCUT2D eigenvalue weighted by Gasteiger charge is -2.19. The number of nitrogens with two attached hydrogens (primary N) is 1. The highest BCUT2D eigenvalue weighted by Gasteiger charge is 2.20. The second-order valence-electron chi connectivity index (χ2n) is 6.08. The lowest BCUT2D eigenvalue weighted by atomic mass is 10.0. The predicted molar refractivity (Wildman–Crippen MR) is 94.9 cm³/mol. The number of urea groups is 1. The lowest BCUT2D eigenvalue weighted by Crippen LogP contribution is -2.39. The molecule has 3 amide bonds. The number of benzene rings is 1. The molecule has 0 aliphatic heterocycles. The molecule has 0 aromatic heterocycles. The average Bonchev–Trinajstić information content (AvgIpc) is 2.52. The number of hydrogen-bond donors (Lipinski definition) is 3. The van der Waals surface area contributed by atoms with Gasteiger partial charge in [-0.15, -0.1) is 0 Å². The van der Waals surface area contributed by atoms with Crippen molar-refractivity contribution in [2.45, 2.75) is 39.3 Å². The molecule has 7 nitrogen and oxygen atoms in total. The van der Waals surface area contributed by atoms with Crippen LogP contribution < -0.4 is 16.4 Å². The first kappa shape index (κ1) is 20.8. The molecule has 1 rings (SSSR count). The Hall–Kier alpha value is -2.28. The number of ether oxygens (including phenoxy) is 1. The van der Waals surface area contributed by atoms with Crippen LogP contribution >= 0.6 is 11.6 Å². The Labute approximate surface area is 152 Å². The van der Waals surface area contributed by atoms with Gasteiger partial charge in [-0.2, -0.15) is 0 Å². The molecule has 138 valence electrons. The van der Waals surface area contributed by atoms with Crippen LogP contribution in [0, 0.1) is 5.92 Å². The van der Waals surface area contributed by atoms with Crippen LogP contribution in [0.2, 0.25) is 5.02 Å². The van der Waals surface area contributed by atoms with Gasteiger partial charge in [0.2, 0.25) is 0 Å². The second-order valence-corrected chi connectivity index (χ2v) is 6.51. The molecule has 2 atom stereocenters. The molecule has 0 spiro atoms. The zero-order chi connectivity index (χ0) is 19.0. The standard InChI is InChI=1S/C17H24ClN3O4/c1-10(2)11(3)20-15(22)9-25-16(23)8-14(21-17(19)24)12-4-6-13(18)7-5-12/h4-7,10-11,14H,8-9H2,1-3H3,(H,20,22)(H3,19,21,24)/t11-,14-/m1/s1. The molecule has 1 aromatic carbocycles. The Morgan fingerprint density at radius 3 is 2.24 bits per heavy atom. The average molecular weight is 370 g/mol. The summed E-state index contributed by atoms with van der Waals surface area (Å²) >= 11 is 5.83. The zero-order valence-electron chi connectivity index (χ0n) is 14.5. The Balaban J connectivity index is 2.59. The van der Waals surface area contributed by atoms with E-state index >= 15 is 0 Å². The summed E-state index contributed by atoms with van der Waals surface area (Å²) in [6, 6.07) is 5.17. The predicted octanol–water partition coefficient (Wildman–Crippen LogP) is 2.14. The van der Waals surface area contributed by atoms with Crippen molar-refractivity contribution in [2.24, 2.45) is 11.7 Å². The van der Waals surface area contributed by atoms with E-state index in [2.05, 4.69) is 10.6 Å². The minimum Gasteiger partial charge on any atom is -0.456 e. The number of carbonyl (C=O) groups excluding carboxylic acids is 3. The van der Waals surface area contributed by atoms with E-state index in [1.165, 1.54) is 0 Å². The second kappa shape index (κ2) is 9.88. The largest absolute Gasteiger partial charge is 0.456 e. The minimum atomic E-state index is -0.767. The third-order valence-electron chi connectivity index (χ3n) is 3.71. The summed E-state index contributed by atoms with van der Waals surface area (Å²) < 4.78 is 4.97. The van der Waals surface area contributed by atoms with Gasteiger partial charge in [0.25, 0.3) is 5.91 Å². The number of hydrogen-bond acceptors (Lipinski definition) is 4. The highest BCUT2D eigenvalue weighted by Crippen LogP contribution is 2.20. The number of rotatable bonds is 8. The quantitative estimate of drug-likeness (QED) is 0.609. The maximum absolute atomic E-state index is 12.0. The van der Waals surface area contributed by atoms with Gasteiger partial charge in [-0.1, -0.05) is 37.6 Å². The van der Waals surface area contributed by atoms with Gasteiger partial charge in [0.1, 0.15) is 0 Å². The highest BCUT2D eigenvalue weighted by molar-refractivity contribution is 6.30. The minimum absolute atomic E-state index is 0.0236. The Kier molecular flexibility index (Phi) is 8.21. The molecule has 0 fully saturated rings. The van der Waals surface area contributed by atoms with Gasteiger partial charge < -0.3 is 21.1 Å². The van der Waals surface area contributed by atoms with Crippen LogP contribution in [0.1, 0.15) is 38.8 Å². The first-order chi connectivity index (χ1) is 11.7. The monoisotopic (exact) mass is 369 g/mol. The molecule has 0 unspecified atom stereocenters. The fourth-order valence-electron chi connectivity index (χ4n) is 1.95. The molecule has 0 aliphatic carbocycles. The van der Waals surface area contributed by atoms with Crippen LogP contribution in [0.5, 0.6) is 0 Å². The van der Waals surface area contributed by atoms with Crippen molar-refractivity contribution in [3.05, 3.63) is 34.9 Å². The molecule has 0 bridgehead atoms. The van der Waals surface area contributed by atoms with Gasteiger partial charge in [-0.05, 0) is 30.5 Å². The number of carbonyl (C=O) groups is 3. The molecular formula is C17H24ClN3O4. The van der Waals surface area contributed by atoms with Crippen molar-refractivity contribution >= 4 is 29.5 Å². The molecule has 0 heterocycles. The van der Waals surface area contributed by atoms with Crippen molar-refractivity contribution in [2.75, 3.05) is 6.61 Å². The van der Waals surface area contributed by atoms with Crippen LogP contribution in [-0.4, -0.2) is 30.6 Å². The summed E-state index contributed by atoms with van der Waals surface area (Å²) in [7, 11) is 0. The van der Waals surface area contributed by atoms with Gasteiger partial charge in [-0.3, -0.25) is 9.59 Å². The first-order valence-electron chi connectivity index (χ1n) is 7.95. The third-order valence-corrected chi connectivity index (χ3v) is 3.96. The summed E-state index contributed by atoms with van der Waals surface area (Å²) in [5, 5.41) is 5.74. The number of nitrogens with one attached hydrogen (secondary N) is 2. The van der Waals surface area contributed by atoms with Gasteiger partial charge in [0, 0.05) is 11.1 Å². The molecule has 0 saturated carbocycles. The van der Waals surface area contributed by atoms with E-state index in [1.54, 1.807) is 24.3 Å². The summed E-state index contributed by atoms with van der Waals surface area (Å²) in [4.78, 5) is 34.9. The van der Waals surface area contributed by atoms with Crippen LogP contribution in [0.3, 0.4) is 0 Å². The third kappa shape index (κ3) is 7.89. The summed E-state index contributed by atoms with van der Waals surface area (Å²) in [5.74, 6) is -0.727. The van der Waals surface area contributed by atoms with E-state index in [9.17, 15) is 14.4 Å². The van der Waals surface area contributed by atoms with Gasteiger partial charge in [0.05, 0.1) is 12.5 Å². The van der Waals surface area contributed by atoms with Gasteiger partial charge in [-0.25, -0.2) is 4.79 Å². The molecular weight excluding hydrogens is 346 g/mol. The Morgan fingerprint density at radius 1 is 1.12 bits per heavy atom. The van der Waals surface area contributed by atoms with E-state index in [1.807, 2.05) is 20.8 Å². The van der Waals surface area contributed by atoms with Crippen molar-refractivity contribution in [1.82, 2.24) is 10.6 Å². The van der Waals surface area contributed by atoms with E-state index < -0.39 is 18.0 Å². The summed E-state index contributed by atoms with van der Waals surface area (Å²) in [6.45, 7) is 5.45. The van der Waals surface area contributed by atoms with Crippen molar-refractivity contribution < 1.29 is 19.1 Å². The Bertz CT molecular complexity index is 604. The molecule has 25 heavy (non-hydrogen) atoms. The number of primary amides is 1. The van der Waals surface area contributed by atoms with Crippen molar-refractivity contribution in [3.8, 4) is 0 Å². The molecule has 8 heteroatoms. The summed E-state index contributed by atoms with van der Waals surface area (Å²) in [5.41, 5.74) is 5.80. The van der Waals surface area contributed by atoms with Crippen LogP contribution in [0.15, 0.2) is 24.3 Å². The first-order valence-corrected chi connectivity index (χ1v) is 8.33. The summed E-state index contributed by atoms with van der Waals surface area (Å²) in [6.07, 6.45) is -0.155. The van der Waals surface area contributed by atoms with Crippen molar-refractivity contribution in [1.29, 1.82) is 0 Å². The van der Waals surface area contributed by atoms with E-state index in [0.717, 1.165) is 0 Å². The Morgan fingerprint density at radius 2 is 1.72 bits per heavy atom. The van der Waals surface area contributed by atoms with Gasteiger partial charge in [0.15, 0.2) is 6.61 Å². The highest BCUT2D eigenvalue weighted by atomic mass is 35.5. The molecule has 1 aromatic rings.